The molecule has 2 nitrogen and oxygen atoms in total. The van der Waals surface area contributed by atoms with Crippen LogP contribution >= 0.6 is 23.2 Å². The van der Waals surface area contributed by atoms with E-state index in [-0.39, 0.29) is 11.8 Å². The first-order chi connectivity index (χ1) is 7.00. The lowest BCUT2D eigenvalue weighted by molar-refractivity contribution is 0.456. The van der Waals surface area contributed by atoms with Gasteiger partial charge in [0.1, 0.15) is 5.75 Å². The molecule has 0 aliphatic rings. The highest BCUT2D eigenvalue weighted by Crippen LogP contribution is 2.27. The molecule has 1 unspecified atom stereocenters. The van der Waals surface area contributed by atoms with E-state index in [0.29, 0.717) is 16.6 Å². The maximum Gasteiger partial charge on any atom is 0.120 e. The fourth-order valence-corrected chi connectivity index (χ4v) is 1.50. The van der Waals surface area contributed by atoms with E-state index >= 15 is 0 Å². The third-order valence-electron chi connectivity index (χ3n) is 2.06. The van der Waals surface area contributed by atoms with Gasteiger partial charge < -0.3 is 10.4 Å². The number of phenols is 1. The molecule has 82 valence electrons. The number of nitrogens with one attached hydrogen (secondary N) is 1. The van der Waals surface area contributed by atoms with Gasteiger partial charge >= 0.3 is 0 Å². The molecule has 0 spiro atoms. The topological polar surface area (TPSA) is 32.3 Å². The van der Waals surface area contributed by atoms with Crippen LogP contribution in [-0.4, -0.2) is 11.7 Å². The van der Waals surface area contributed by atoms with Crippen LogP contribution in [0.15, 0.2) is 29.8 Å². The van der Waals surface area contributed by atoms with E-state index in [4.69, 9.17) is 23.2 Å². The van der Waals surface area contributed by atoms with Crippen molar-refractivity contribution in [3.8, 4) is 5.75 Å². The maximum absolute atomic E-state index is 9.62. The average molecular weight is 246 g/mol. The third kappa shape index (κ3) is 3.74. The zero-order valence-corrected chi connectivity index (χ0v) is 9.94. The lowest BCUT2D eigenvalue weighted by atomic mass is 10.1. The minimum Gasteiger partial charge on any atom is -0.508 e. The molecule has 2 N–H and O–H groups in total. The van der Waals surface area contributed by atoms with Crippen LogP contribution in [0.5, 0.6) is 5.75 Å². The Labute approximate surface area is 99.5 Å². The fourth-order valence-electron chi connectivity index (χ4n) is 1.25. The van der Waals surface area contributed by atoms with Crippen LogP contribution in [0.25, 0.3) is 0 Å². The molecule has 1 aromatic carbocycles. The molecule has 0 saturated heterocycles. The standard InChI is InChI=1S/C11H13Cl2NO/c1-7(12)6-14-8(2)10-5-9(13)3-4-11(10)15/h3-5,8,14-15H,1,6H2,2H3. The minimum absolute atomic E-state index is 0.0285. The molecule has 1 rings (SSSR count). The van der Waals surface area contributed by atoms with Gasteiger partial charge in [-0.3, -0.25) is 0 Å². The minimum atomic E-state index is -0.0285. The van der Waals surface area contributed by atoms with Gasteiger partial charge in [-0.1, -0.05) is 29.8 Å². The van der Waals surface area contributed by atoms with Gasteiger partial charge in [-0.2, -0.15) is 0 Å². The molecule has 0 amide bonds. The number of halogens is 2. The number of hydrogen-bond acceptors (Lipinski definition) is 2. The number of phenolic OH excluding ortho intramolecular Hbond substituents is 1. The van der Waals surface area contributed by atoms with Crippen molar-refractivity contribution in [2.75, 3.05) is 6.54 Å². The van der Waals surface area contributed by atoms with Crippen molar-refractivity contribution >= 4 is 23.2 Å². The molecular formula is C11H13Cl2NO. The quantitative estimate of drug-likeness (QED) is 0.852. The zero-order chi connectivity index (χ0) is 11.4. The van der Waals surface area contributed by atoms with Crippen LogP contribution in [-0.2, 0) is 0 Å². The summed E-state index contributed by atoms with van der Waals surface area (Å²) in [5.74, 6) is 0.222. The molecule has 0 bridgehead atoms. The second kappa shape index (κ2) is 5.40. The molecule has 0 aliphatic heterocycles. The molecule has 1 atom stereocenters. The molecule has 0 aromatic heterocycles. The number of hydrogen-bond donors (Lipinski definition) is 2. The Kier molecular flexibility index (Phi) is 4.45. The van der Waals surface area contributed by atoms with Crippen LogP contribution in [0.4, 0.5) is 0 Å². The highest BCUT2D eigenvalue weighted by Gasteiger charge is 2.10. The van der Waals surface area contributed by atoms with E-state index in [0.717, 1.165) is 5.56 Å². The van der Waals surface area contributed by atoms with Gasteiger partial charge in [0, 0.05) is 28.2 Å². The fraction of sp³-hybridized carbons (Fsp3) is 0.273. The molecule has 0 saturated carbocycles. The Bertz CT molecular complexity index is 366. The van der Waals surface area contributed by atoms with Crippen molar-refractivity contribution < 1.29 is 5.11 Å². The zero-order valence-electron chi connectivity index (χ0n) is 8.43. The van der Waals surface area contributed by atoms with Crippen LogP contribution in [0.2, 0.25) is 5.02 Å². The van der Waals surface area contributed by atoms with Gasteiger partial charge in [-0.15, -0.1) is 0 Å². The van der Waals surface area contributed by atoms with Crippen molar-refractivity contribution in [3.63, 3.8) is 0 Å². The van der Waals surface area contributed by atoms with E-state index in [1.807, 2.05) is 6.92 Å². The summed E-state index contributed by atoms with van der Waals surface area (Å²) in [7, 11) is 0. The van der Waals surface area contributed by atoms with Gasteiger partial charge in [-0.25, -0.2) is 0 Å². The van der Waals surface area contributed by atoms with Gasteiger partial charge in [0.15, 0.2) is 0 Å². The van der Waals surface area contributed by atoms with E-state index in [1.165, 1.54) is 0 Å². The second-order valence-corrected chi connectivity index (χ2v) is 4.29. The maximum atomic E-state index is 9.62. The molecular weight excluding hydrogens is 233 g/mol. The summed E-state index contributed by atoms with van der Waals surface area (Å²) < 4.78 is 0. The van der Waals surface area contributed by atoms with Crippen molar-refractivity contribution in [1.29, 1.82) is 0 Å². The summed E-state index contributed by atoms with van der Waals surface area (Å²) in [5, 5.41) is 13.9. The molecule has 0 radical (unpaired) electrons. The molecule has 0 aliphatic carbocycles. The summed E-state index contributed by atoms with van der Waals surface area (Å²) in [4.78, 5) is 0. The van der Waals surface area contributed by atoms with Gasteiger partial charge in [0.05, 0.1) is 0 Å². The van der Waals surface area contributed by atoms with Gasteiger partial charge in [-0.05, 0) is 25.1 Å². The summed E-state index contributed by atoms with van der Waals surface area (Å²) in [6, 6.07) is 4.92. The predicted molar refractivity (Wildman–Crippen MR) is 64.5 cm³/mol. The SMILES string of the molecule is C=C(Cl)CNC(C)c1cc(Cl)ccc1O. The molecule has 1 aromatic rings. The van der Waals surface area contributed by atoms with Crippen molar-refractivity contribution in [3.05, 3.63) is 40.4 Å². The van der Waals surface area contributed by atoms with Crippen molar-refractivity contribution in [1.82, 2.24) is 5.32 Å². The van der Waals surface area contributed by atoms with Gasteiger partial charge in [0.2, 0.25) is 0 Å². The second-order valence-electron chi connectivity index (χ2n) is 3.32. The number of rotatable bonds is 4. The van der Waals surface area contributed by atoms with Crippen LogP contribution in [0.3, 0.4) is 0 Å². The lowest BCUT2D eigenvalue weighted by Gasteiger charge is -2.15. The Morgan fingerprint density at radius 3 is 2.87 bits per heavy atom. The summed E-state index contributed by atoms with van der Waals surface area (Å²) >= 11 is 11.5. The lowest BCUT2D eigenvalue weighted by Crippen LogP contribution is -2.19. The van der Waals surface area contributed by atoms with Gasteiger partial charge in [0.25, 0.3) is 0 Å². The first kappa shape index (κ1) is 12.4. The summed E-state index contributed by atoms with van der Waals surface area (Å²) in [6.07, 6.45) is 0. The first-order valence-electron chi connectivity index (χ1n) is 4.55. The number of aromatic hydroxyl groups is 1. The Morgan fingerprint density at radius 2 is 2.27 bits per heavy atom. The van der Waals surface area contributed by atoms with Crippen molar-refractivity contribution in [2.24, 2.45) is 0 Å². The smallest absolute Gasteiger partial charge is 0.120 e. The highest BCUT2D eigenvalue weighted by molar-refractivity contribution is 6.30. The van der Waals surface area contributed by atoms with E-state index in [2.05, 4.69) is 11.9 Å². The van der Waals surface area contributed by atoms with Crippen LogP contribution < -0.4 is 5.32 Å². The normalized spacial score (nSPS) is 12.5. The Hall–Kier alpha value is -0.700. The van der Waals surface area contributed by atoms with Crippen LogP contribution in [0, 0.1) is 0 Å². The molecule has 15 heavy (non-hydrogen) atoms. The summed E-state index contributed by atoms with van der Waals surface area (Å²) in [5.41, 5.74) is 0.750. The van der Waals surface area contributed by atoms with E-state index < -0.39 is 0 Å². The Balaban J connectivity index is 2.76. The highest BCUT2D eigenvalue weighted by atomic mass is 35.5. The molecule has 0 heterocycles. The van der Waals surface area contributed by atoms with E-state index in [9.17, 15) is 5.11 Å². The first-order valence-corrected chi connectivity index (χ1v) is 5.31. The van der Waals surface area contributed by atoms with Crippen LogP contribution in [0.1, 0.15) is 18.5 Å². The summed E-state index contributed by atoms with van der Waals surface area (Å²) in [6.45, 7) is 5.99. The number of benzene rings is 1. The Morgan fingerprint density at radius 1 is 1.60 bits per heavy atom. The third-order valence-corrected chi connectivity index (χ3v) is 2.42. The average Bonchev–Trinajstić information content (AvgIpc) is 2.18. The molecule has 0 fully saturated rings. The van der Waals surface area contributed by atoms with E-state index in [1.54, 1.807) is 18.2 Å². The van der Waals surface area contributed by atoms with Crippen molar-refractivity contribution in [2.45, 2.75) is 13.0 Å². The monoisotopic (exact) mass is 245 g/mol. The molecule has 4 heteroatoms. The largest absolute Gasteiger partial charge is 0.508 e. The predicted octanol–water partition coefficient (Wildman–Crippen LogP) is 3.45.